The van der Waals surface area contributed by atoms with Crippen LogP contribution in [0.4, 0.5) is 0 Å². The predicted octanol–water partition coefficient (Wildman–Crippen LogP) is 1.83. The molecule has 0 saturated heterocycles. The molecule has 1 N–H and O–H groups in total. The minimum Gasteiger partial charge on any atom is -0.396 e. The molecule has 0 rings (SSSR count). The number of aliphatic hydroxyl groups excluding tert-OH is 1. The standard InChI is InChI=1S/C8H16O/c1-4-7(2)5-8(3)6-9/h4,7-9H,1,5-6H2,2-3H3/t7-,8-/m0/s1. The lowest BCUT2D eigenvalue weighted by Gasteiger charge is -2.09. The SMILES string of the molecule is C=C[C@H](C)C[C@H](C)CO. The third-order valence-corrected chi connectivity index (χ3v) is 1.49. The summed E-state index contributed by atoms with van der Waals surface area (Å²) >= 11 is 0. The van der Waals surface area contributed by atoms with Crippen molar-refractivity contribution in [1.29, 1.82) is 0 Å². The Hall–Kier alpha value is -0.300. The van der Waals surface area contributed by atoms with Crippen LogP contribution in [-0.2, 0) is 0 Å². The molecule has 1 nitrogen and oxygen atoms in total. The Morgan fingerprint density at radius 3 is 2.44 bits per heavy atom. The van der Waals surface area contributed by atoms with Gasteiger partial charge < -0.3 is 5.11 Å². The first-order valence-corrected chi connectivity index (χ1v) is 3.44. The molecule has 0 unspecified atom stereocenters. The van der Waals surface area contributed by atoms with Crippen molar-refractivity contribution in [1.82, 2.24) is 0 Å². The summed E-state index contributed by atoms with van der Waals surface area (Å²) in [5, 5.41) is 8.64. The van der Waals surface area contributed by atoms with Crippen molar-refractivity contribution in [2.24, 2.45) is 11.8 Å². The Balaban J connectivity index is 3.33. The molecule has 0 spiro atoms. The Morgan fingerprint density at radius 1 is 1.56 bits per heavy atom. The number of hydrogen-bond acceptors (Lipinski definition) is 1. The first-order chi connectivity index (χ1) is 4.20. The smallest absolute Gasteiger partial charge is 0.0456 e. The Kier molecular flexibility index (Phi) is 4.41. The third kappa shape index (κ3) is 4.22. The highest BCUT2D eigenvalue weighted by Crippen LogP contribution is 2.10. The van der Waals surface area contributed by atoms with Crippen molar-refractivity contribution in [3.8, 4) is 0 Å². The number of rotatable bonds is 4. The maximum atomic E-state index is 8.64. The first-order valence-electron chi connectivity index (χ1n) is 3.44. The van der Waals surface area contributed by atoms with Gasteiger partial charge >= 0.3 is 0 Å². The second-order valence-electron chi connectivity index (χ2n) is 2.74. The number of allylic oxidation sites excluding steroid dienone is 1. The fraction of sp³-hybridized carbons (Fsp3) is 0.750. The molecule has 1 heteroatoms. The summed E-state index contributed by atoms with van der Waals surface area (Å²) in [7, 11) is 0. The van der Waals surface area contributed by atoms with Crippen molar-refractivity contribution in [3.63, 3.8) is 0 Å². The lowest BCUT2D eigenvalue weighted by atomic mass is 9.98. The summed E-state index contributed by atoms with van der Waals surface area (Å²) in [5.74, 6) is 0.949. The summed E-state index contributed by atoms with van der Waals surface area (Å²) in [4.78, 5) is 0. The van der Waals surface area contributed by atoms with Crippen LogP contribution in [-0.4, -0.2) is 11.7 Å². The zero-order valence-corrected chi connectivity index (χ0v) is 6.30. The Bertz CT molecular complexity index is 78.6. The molecular weight excluding hydrogens is 112 g/mol. The molecule has 54 valence electrons. The average molecular weight is 128 g/mol. The first kappa shape index (κ1) is 8.70. The van der Waals surface area contributed by atoms with Crippen LogP contribution in [0.1, 0.15) is 20.3 Å². The third-order valence-electron chi connectivity index (χ3n) is 1.49. The van der Waals surface area contributed by atoms with Gasteiger partial charge in [0.15, 0.2) is 0 Å². The summed E-state index contributed by atoms with van der Waals surface area (Å²) in [6.45, 7) is 8.11. The molecule has 0 aromatic carbocycles. The van der Waals surface area contributed by atoms with Gasteiger partial charge in [-0.25, -0.2) is 0 Å². The topological polar surface area (TPSA) is 20.2 Å². The van der Waals surface area contributed by atoms with Crippen molar-refractivity contribution in [2.75, 3.05) is 6.61 Å². The summed E-state index contributed by atoms with van der Waals surface area (Å²) in [6.07, 6.45) is 2.96. The van der Waals surface area contributed by atoms with Gasteiger partial charge in [-0.2, -0.15) is 0 Å². The van der Waals surface area contributed by atoms with E-state index < -0.39 is 0 Å². The molecule has 0 amide bonds. The molecule has 0 aromatic rings. The van der Waals surface area contributed by atoms with Crippen LogP contribution >= 0.6 is 0 Å². The zero-order valence-electron chi connectivity index (χ0n) is 6.30. The van der Waals surface area contributed by atoms with Gasteiger partial charge in [-0.15, -0.1) is 6.58 Å². The zero-order chi connectivity index (χ0) is 7.28. The fourth-order valence-corrected chi connectivity index (χ4v) is 0.805. The molecule has 0 aliphatic heterocycles. The van der Waals surface area contributed by atoms with Crippen molar-refractivity contribution in [3.05, 3.63) is 12.7 Å². The van der Waals surface area contributed by atoms with E-state index in [1.165, 1.54) is 0 Å². The summed E-state index contributed by atoms with van der Waals surface area (Å²) in [5.41, 5.74) is 0. The van der Waals surface area contributed by atoms with Gasteiger partial charge in [0.05, 0.1) is 0 Å². The molecule has 2 atom stereocenters. The molecule has 0 heterocycles. The molecule has 0 saturated carbocycles. The molecule has 0 bridgehead atoms. The predicted molar refractivity (Wildman–Crippen MR) is 40.2 cm³/mol. The van der Waals surface area contributed by atoms with Crippen LogP contribution in [0.5, 0.6) is 0 Å². The highest BCUT2D eigenvalue weighted by Gasteiger charge is 2.02. The average Bonchev–Trinajstić information content (AvgIpc) is 1.87. The summed E-state index contributed by atoms with van der Waals surface area (Å²) < 4.78 is 0. The van der Waals surface area contributed by atoms with Crippen molar-refractivity contribution < 1.29 is 5.11 Å². The van der Waals surface area contributed by atoms with E-state index in [4.69, 9.17) is 5.11 Å². The molecule has 0 radical (unpaired) electrons. The van der Waals surface area contributed by atoms with Crippen LogP contribution in [0.3, 0.4) is 0 Å². The lowest BCUT2D eigenvalue weighted by molar-refractivity contribution is 0.222. The van der Waals surface area contributed by atoms with Gasteiger partial charge in [-0.1, -0.05) is 19.9 Å². The van der Waals surface area contributed by atoms with E-state index in [1.54, 1.807) is 0 Å². The Labute approximate surface area is 57.4 Å². The normalized spacial score (nSPS) is 16.8. The van der Waals surface area contributed by atoms with Gasteiger partial charge in [0.1, 0.15) is 0 Å². The number of hydrogen-bond donors (Lipinski definition) is 1. The molecule has 0 aliphatic carbocycles. The van der Waals surface area contributed by atoms with Gasteiger partial charge in [0, 0.05) is 6.61 Å². The van der Waals surface area contributed by atoms with E-state index in [1.807, 2.05) is 13.0 Å². The minimum absolute atomic E-state index is 0.290. The second kappa shape index (κ2) is 4.57. The van der Waals surface area contributed by atoms with E-state index in [9.17, 15) is 0 Å². The maximum absolute atomic E-state index is 8.64. The number of aliphatic hydroxyl groups is 1. The molecular formula is C8H16O. The van der Waals surface area contributed by atoms with E-state index in [2.05, 4.69) is 13.5 Å². The van der Waals surface area contributed by atoms with Crippen LogP contribution in [0.15, 0.2) is 12.7 Å². The van der Waals surface area contributed by atoms with E-state index in [0.29, 0.717) is 11.8 Å². The van der Waals surface area contributed by atoms with Crippen molar-refractivity contribution in [2.45, 2.75) is 20.3 Å². The lowest BCUT2D eigenvalue weighted by Crippen LogP contribution is -2.04. The molecule has 0 aliphatic rings. The quantitative estimate of drug-likeness (QED) is 0.573. The van der Waals surface area contributed by atoms with Crippen LogP contribution in [0, 0.1) is 11.8 Å². The van der Waals surface area contributed by atoms with E-state index in [0.717, 1.165) is 6.42 Å². The van der Waals surface area contributed by atoms with E-state index in [-0.39, 0.29) is 6.61 Å². The second-order valence-corrected chi connectivity index (χ2v) is 2.74. The maximum Gasteiger partial charge on any atom is 0.0456 e. The van der Waals surface area contributed by atoms with Crippen molar-refractivity contribution >= 4 is 0 Å². The largest absolute Gasteiger partial charge is 0.396 e. The highest BCUT2D eigenvalue weighted by atomic mass is 16.3. The van der Waals surface area contributed by atoms with Crippen LogP contribution in [0.2, 0.25) is 0 Å². The highest BCUT2D eigenvalue weighted by molar-refractivity contribution is 4.76. The van der Waals surface area contributed by atoms with Crippen LogP contribution in [0.25, 0.3) is 0 Å². The fourth-order valence-electron chi connectivity index (χ4n) is 0.805. The van der Waals surface area contributed by atoms with Gasteiger partial charge in [0.2, 0.25) is 0 Å². The Morgan fingerprint density at radius 2 is 2.11 bits per heavy atom. The minimum atomic E-state index is 0.290. The van der Waals surface area contributed by atoms with Gasteiger partial charge in [0.25, 0.3) is 0 Å². The molecule has 0 aromatic heterocycles. The monoisotopic (exact) mass is 128 g/mol. The van der Waals surface area contributed by atoms with Gasteiger partial charge in [-0.05, 0) is 18.3 Å². The summed E-state index contributed by atoms with van der Waals surface area (Å²) in [6, 6.07) is 0. The van der Waals surface area contributed by atoms with E-state index >= 15 is 0 Å². The molecule has 9 heavy (non-hydrogen) atoms. The van der Waals surface area contributed by atoms with Gasteiger partial charge in [-0.3, -0.25) is 0 Å². The molecule has 0 fully saturated rings. The van der Waals surface area contributed by atoms with Crippen LogP contribution < -0.4 is 0 Å².